The van der Waals surface area contributed by atoms with Gasteiger partial charge in [0.05, 0.1) is 24.6 Å². The molecule has 7 heteroatoms. The van der Waals surface area contributed by atoms with E-state index in [1.807, 2.05) is 29.8 Å². The van der Waals surface area contributed by atoms with E-state index in [2.05, 4.69) is 48.3 Å². The molecule has 4 aromatic rings. The molecule has 0 radical (unpaired) electrons. The van der Waals surface area contributed by atoms with Crippen LogP contribution in [0, 0.1) is 20.8 Å². The number of nitrogens with zero attached hydrogens (tertiary/aromatic N) is 4. The summed E-state index contributed by atoms with van der Waals surface area (Å²) in [4.78, 5) is 17.3. The number of imidazole rings is 1. The van der Waals surface area contributed by atoms with Crippen LogP contribution in [0.4, 0.5) is 11.8 Å². The van der Waals surface area contributed by atoms with Crippen molar-refractivity contribution >= 4 is 17.7 Å². The first-order valence-corrected chi connectivity index (χ1v) is 10.1. The Kier molecular flexibility index (Phi) is 5.33. The lowest BCUT2D eigenvalue weighted by Gasteiger charge is -2.12. The Bertz CT molecular complexity index is 1270. The van der Waals surface area contributed by atoms with E-state index in [1.165, 1.54) is 16.7 Å². The molecule has 158 valence electrons. The molecule has 3 N–H and O–H groups in total. The molecule has 0 spiro atoms. The van der Waals surface area contributed by atoms with Crippen LogP contribution in [0.5, 0.6) is 0 Å². The second kappa shape index (κ2) is 8.10. The van der Waals surface area contributed by atoms with Crippen LogP contribution in [0.15, 0.2) is 54.9 Å². The third-order valence-electron chi connectivity index (χ3n) is 5.60. The van der Waals surface area contributed by atoms with Crippen molar-refractivity contribution in [2.75, 3.05) is 11.1 Å². The molecule has 2 aromatic carbocycles. The molecule has 1 amide bonds. The third kappa shape index (κ3) is 4.07. The third-order valence-corrected chi connectivity index (χ3v) is 5.60. The Balaban J connectivity index is 1.56. The number of anilines is 2. The van der Waals surface area contributed by atoms with Crippen molar-refractivity contribution < 1.29 is 4.79 Å². The van der Waals surface area contributed by atoms with Gasteiger partial charge >= 0.3 is 0 Å². The van der Waals surface area contributed by atoms with Gasteiger partial charge in [-0.15, -0.1) is 0 Å². The van der Waals surface area contributed by atoms with Gasteiger partial charge in [0, 0.05) is 18.2 Å². The predicted molar refractivity (Wildman–Crippen MR) is 123 cm³/mol. The molecule has 0 saturated heterocycles. The largest absolute Gasteiger partial charge is 0.384 e. The Hall–Kier alpha value is -3.87. The van der Waals surface area contributed by atoms with Gasteiger partial charge in [-0.25, -0.2) is 9.67 Å². The van der Waals surface area contributed by atoms with E-state index < -0.39 is 0 Å². The number of nitrogen functional groups attached to an aromatic ring is 1. The lowest BCUT2D eigenvalue weighted by Crippen LogP contribution is -2.16. The van der Waals surface area contributed by atoms with E-state index in [4.69, 9.17) is 5.73 Å². The molecular formula is C24H26N6O. The van der Waals surface area contributed by atoms with E-state index in [0.717, 1.165) is 16.8 Å². The first-order chi connectivity index (χ1) is 14.8. The Morgan fingerprint density at radius 3 is 2.58 bits per heavy atom. The van der Waals surface area contributed by atoms with Crippen molar-refractivity contribution in [2.24, 2.45) is 7.05 Å². The SMILES string of the molecule is Cc1cc(C)c(-c2cnc(NC(=O)c3cccc(Cn4nccc4N)c3)n2C)cc1C. The van der Waals surface area contributed by atoms with Crippen molar-refractivity contribution in [1.29, 1.82) is 0 Å². The standard InChI is InChI=1S/C24H26N6O/c1-15-10-17(3)20(11-16(15)2)21-13-26-24(29(21)4)28-23(31)19-7-5-6-18(12-19)14-30-22(25)8-9-27-30/h5-13H,14,25H2,1-4H3,(H,26,28,31). The summed E-state index contributed by atoms with van der Waals surface area (Å²) >= 11 is 0. The van der Waals surface area contributed by atoms with Gasteiger partial charge in [-0.1, -0.05) is 18.2 Å². The quantitative estimate of drug-likeness (QED) is 0.515. The number of rotatable bonds is 5. The van der Waals surface area contributed by atoms with Gasteiger partial charge < -0.3 is 10.3 Å². The summed E-state index contributed by atoms with van der Waals surface area (Å²) in [7, 11) is 1.91. The van der Waals surface area contributed by atoms with E-state index >= 15 is 0 Å². The molecule has 0 aliphatic rings. The number of benzene rings is 2. The van der Waals surface area contributed by atoms with E-state index in [9.17, 15) is 4.79 Å². The Morgan fingerprint density at radius 1 is 1.06 bits per heavy atom. The molecule has 31 heavy (non-hydrogen) atoms. The number of carbonyl (C=O) groups is 1. The van der Waals surface area contributed by atoms with Gasteiger partial charge in [0.1, 0.15) is 5.82 Å². The summed E-state index contributed by atoms with van der Waals surface area (Å²) in [5.41, 5.74) is 13.1. The minimum Gasteiger partial charge on any atom is -0.384 e. The van der Waals surface area contributed by atoms with Gasteiger partial charge in [-0.3, -0.25) is 10.1 Å². The number of amides is 1. The van der Waals surface area contributed by atoms with Crippen molar-refractivity contribution in [3.8, 4) is 11.3 Å². The number of aromatic nitrogens is 4. The molecule has 0 aliphatic heterocycles. The number of nitrogens with one attached hydrogen (secondary N) is 1. The maximum Gasteiger partial charge on any atom is 0.257 e. The van der Waals surface area contributed by atoms with Crippen LogP contribution in [0.25, 0.3) is 11.3 Å². The number of hydrogen-bond acceptors (Lipinski definition) is 4. The van der Waals surface area contributed by atoms with Crippen molar-refractivity contribution in [3.63, 3.8) is 0 Å². The monoisotopic (exact) mass is 414 g/mol. The molecule has 4 rings (SSSR count). The smallest absolute Gasteiger partial charge is 0.257 e. The van der Waals surface area contributed by atoms with Crippen LogP contribution in [-0.2, 0) is 13.6 Å². The zero-order valence-corrected chi connectivity index (χ0v) is 18.2. The van der Waals surface area contributed by atoms with Crippen molar-refractivity contribution in [2.45, 2.75) is 27.3 Å². The summed E-state index contributed by atoms with van der Waals surface area (Å²) < 4.78 is 3.59. The van der Waals surface area contributed by atoms with E-state index in [0.29, 0.717) is 23.9 Å². The molecule has 7 nitrogen and oxygen atoms in total. The number of hydrogen-bond donors (Lipinski definition) is 2. The first-order valence-electron chi connectivity index (χ1n) is 10.1. The van der Waals surface area contributed by atoms with E-state index in [1.54, 1.807) is 29.2 Å². The highest BCUT2D eigenvalue weighted by atomic mass is 16.1. The number of nitrogens with two attached hydrogens (primary N) is 1. The fourth-order valence-electron chi connectivity index (χ4n) is 3.64. The van der Waals surface area contributed by atoms with Crippen LogP contribution in [0.1, 0.15) is 32.6 Å². The van der Waals surface area contributed by atoms with Crippen LogP contribution >= 0.6 is 0 Å². The second-order valence-corrected chi connectivity index (χ2v) is 7.85. The lowest BCUT2D eigenvalue weighted by atomic mass is 9.99. The van der Waals surface area contributed by atoms with Gasteiger partial charge in [-0.05, 0) is 67.3 Å². The number of aryl methyl sites for hydroxylation is 3. The van der Waals surface area contributed by atoms with E-state index in [-0.39, 0.29) is 5.91 Å². The van der Waals surface area contributed by atoms with Gasteiger partial charge in [-0.2, -0.15) is 5.10 Å². The predicted octanol–water partition coefficient (Wildman–Crippen LogP) is 4.09. The summed E-state index contributed by atoms with van der Waals surface area (Å²) in [6, 6.07) is 13.5. The fourth-order valence-corrected chi connectivity index (χ4v) is 3.64. The highest BCUT2D eigenvalue weighted by molar-refractivity contribution is 6.03. The van der Waals surface area contributed by atoms with Crippen LogP contribution < -0.4 is 11.1 Å². The minimum atomic E-state index is -0.215. The van der Waals surface area contributed by atoms with Crippen LogP contribution in [-0.4, -0.2) is 25.2 Å². The molecule has 2 heterocycles. The van der Waals surface area contributed by atoms with Gasteiger partial charge in [0.15, 0.2) is 0 Å². The molecule has 2 aromatic heterocycles. The number of carbonyl (C=O) groups excluding carboxylic acids is 1. The summed E-state index contributed by atoms with van der Waals surface area (Å²) in [5.74, 6) is 0.865. The highest BCUT2D eigenvalue weighted by Gasteiger charge is 2.15. The highest BCUT2D eigenvalue weighted by Crippen LogP contribution is 2.28. The second-order valence-electron chi connectivity index (χ2n) is 7.85. The zero-order valence-electron chi connectivity index (χ0n) is 18.2. The van der Waals surface area contributed by atoms with Gasteiger partial charge in [0.25, 0.3) is 5.91 Å². The maximum atomic E-state index is 12.9. The maximum absolute atomic E-state index is 12.9. The molecular weight excluding hydrogens is 388 g/mol. The zero-order chi connectivity index (χ0) is 22.1. The molecule has 0 unspecified atom stereocenters. The van der Waals surface area contributed by atoms with Crippen molar-refractivity contribution in [1.82, 2.24) is 19.3 Å². The van der Waals surface area contributed by atoms with Gasteiger partial charge in [0.2, 0.25) is 5.95 Å². The first kappa shape index (κ1) is 20.4. The summed E-state index contributed by atoms with van der Waals surface area (Å²) in [6.45, 7) is 6.79. The fraction of sp³-hybridized carbons (Fsp3) is 0.208. The molecule has 0 aliphatic carbocycles. The van der Waals surface area contributed by atoms with Crippen molar-refractivity contribution in [3.05, 3.63) is 82.7 Å². The molecule has 0 saturated carbocycles. The topological polar surface area (TPSA) is 90.8 Å². The average molecular weight is 415 g/mol. The van der Waals surface area contributed by atoms with Crippen LogP contribution in [0.2, 0.25) is 0 Å². The molecule has 0 fully saturated rings. The Morgan fingerprint density at radius 2 is 1.84 bits per heavy atom. The minimum absolute atomic E-state index is 0.215. The lowest BCUT2D eigenvalue weighted by molar-refractivity contribution is 0.102. The Labute approximate surface area is 181 Å². The average Bonchev–Trinajstić information content (AvgIpc) is 3.31. The van der Waals surface area contributed by atoms with Crippen LogP contribution in [0.3, 0.4) is 0 Å². The summed E-state index contributed by atoms with van der Waals surface area (Å²) in [6.07, 6.45) is 3.45. The summed E-state index contributed by atoms with van der Waals surface area (Å²) in [5, 5.41) is 7.12. The molecule has 0 bridgehead atoms. The molecule has 0 atom stereocenters. The normalized spacial score (nSPS) is 11.0.